The van der Waals surface area contributed by atoms with E-state index in [4.69, 9.17) is 4.74 Å². The number of carbonyl (C=O) groups is 2. The smallest absolute Gasteiger partial charge is 0.270 e. The topological polar surface area (TPSA) is 104 Å². The van der Waals surface area contributed by atoms with Crippen molar-refractivity contribution in [3.63, 3.8) is 0 Å². The Morgan fingerprint density at radius 2 is 2.00 bits per heavy atom. The number of aromatic nitrogens is 1. The number of hydrogen-bond acceptors (Lipinski definition) is 6. The van der Waals surface area contributed by atoms with E-state index in [2.05, 4.69) is 34.4 Å². The van der Waals surface area contributed by atoms with Gasteiger partial charge in [-0.3, -0.25) is 19.5 Å². The average Bonchev–Trinajstić information content (AvgIpc) is 2.86. The zero-order chi connectivity index (χ0) is 25.0. The van der Waals surface area contributed by atoms with Gasteiger partial charge in [-0.15, -0.1) is 0 Å². The summed E-state index contributed by atoms with van der Waals surface area (Å²) in [5.41, 5.74) is 0.436. The summed E-state index contributed by atoms with van der Waals surface area (Å²) in [5, 5.41) is 17.9. The van der Waals surface area contributed by atoms with Crippen LogP contribution in [0.25, 0.3) is 0 Å². The van der Waals surface area contributed by atoms with Gasteiger partial charge in [0.15, 0.2) is 0 Å². The van der Waals surface area contributed by atoms with Crippen molar-refractivity contribution in [2.24, 2.45) is 29.1 Å². The van der Waals surface area contributed by atoms with Gasteiger partial charge in [-0.25, -0.2) is 0 Å². The number of ether oxygens (including phenoxy) is 1. The minimum atomic E-state index is -0.571. The minimum absolute atomic E-state index is 0.0198. The zero-order valence-corrected chi connectivity index (χ0v) is 21.4. The van der Waals surface area contributed by atoms with Gasteiger partial charge >= 0.3 is 0 Å². The van der Waals surface area contributed by atoms with Crippen LogP contribution in [0.2, 0.25) is 0 Å². The lowest BCUT2D eigenvalue weighted by Gasteiger charge is -2.56. The van der Waals surface area contributed by atoms with Crippen LogP contribution < -0.4 is 10.6 Å². The van der Waals surface area contributed by atoms with Crippen LogP contribution in [0.5, 0.6) is 0 Å². The molecule has 35 heavy (non-hydrogen) atoms. The SMILES string of the molecule is C[C@H]1[C@@H]2[C@@H](O)[C@@H]([C@H](C)C(=O)NCCN3CCOCC3)CC[C@@]2(C)CC[C@@H]1NC(=O)c1ccccn1. The third-order valence-electron chi connectivity index (χ3n) is 8.99. The molecule has 7 atom stereocenters. The summed E-state index contributed by atoms with van der Waals surface area (Å²) in [4.78, 5) is 32.2. The van der Waals surface area contributed by atoms with Crippen LogP contribution in [-0.4, -0.2) is 78.3 Å². The number of fused-ring (bicyclic) bond motifs is 1. The van der Waals surface area contributed by atoms with E-state index in [1.165, 1.54) is 0 Å². The summed E-state index contributed by atoms with van der Waals surface area (Å²) in [5.74, 6) is -0.335. The molecule has 1 saturated heterocycles. The molecular weight excluding hydrogens is 444 g/mol. The molecule has 8 nitrogen and oxygen atoms in total. The monoisotopic (exact) mass is 486 g/mol. The molecule has 3 aliphatic rings. The van der Waals surface area contributed by atoms with E-state index in [1.54, 1.807) is 18.3 Å². The lowest BCUT2D eigenvalue weighted by atomic mass is 9.51. The van der Waals surface area contributed by atoms with E-state index >= 15 is 0 Å². The maximum atomic E-state index is 13.0. The molecule has 2 saturated carbocycles. The van der Waals surface area contributed by atoms with Crippen LogP contribution in [0, 0.1) is 29.1 Å². The second-order valence-corrected chi connectivity index (χ2v) is 11.1. The number of amides is 2. The first-order valence-corrected chi connectivity index (χ1v) is 13.3. The first-order valence-electron chi connectivity index (χ1n) is 13.3. The molecule has 0 aromatic carbocycles. The van der Waals surface area contributed by atoms with Gasteiger partial charge < -0.3 is 20.5 Å². The number of nitrogens with one attached hydrogen (secondary N) is 2. The molecular formula is C27H42N4O4. The molecule has 0 unspecified atom stereocenters. The highest BCUT2D eigenvalue weighted by Crippen LogP contribution is 2.55. The van der Waals surface area contributed by atoms with Crippen molar-refractivity contribution in [3.05, 3.63) is 30.1 Å². The van der Waals surface area contributed by atoms with E-state index in [9.17, 15) is 14.7 Å². The molecule has 194 valence electrons. The number of nitrogens with zero attached hydrogens (tertiary/aromatic N) is 2. The van der Waals surface area contributed by atoms with E-state index < -0.39 is 6.10 Å². The predicted octanol–water partition coefficient (Wildman–Crippen LogP) is 2.09. The first kappa shape index (κ1) is 26.0. The van der Waals surface area contributed by atoms with Crippen molar-refractivity contribution in [2.45, 2.75) is 58.6 Å². The Labute approximate surface area is 209 Å². The van der Waals surface area contributed by atoms with Crippen molar-refractivity contribution < 1.29 is 19.4 Å². The van der Waals surface area contributed by atoms with Gasteiger partial charge in [-0.2, -0.15) is 0 Å². The molecule has 3 fully saturated rings. The number of carbonyl (C=O) groups excluding carboxylic acids is 2. The number of pyridine rings is 1. The van der Waals surface area contributed by atoms with Gasteiger partial charge in [0.25, 0.3) is 5.91 Å². The summed E-state index contributed by atoms with van der Waals surface area (Å²) < 4.78 is 5.38. The molecule has 0 radical (unpaired) electrons. The number of aliphatic hydroxyl groups excluding tert-OH is 1. The standard InChI is InChI=1S/C27H42N4O4/c1-18(25(33)29-12-13-31-14-16-35-17-15-31)20-7-9-27(3)10-8-21(19(2)23(27)24(20)32)30-26(34)22-6-4-5-11-28-22/h4-6,11,18-21,23-24,32H,7-10,12-17H2,1-3H3,(H,29,33)(H,30,34)/t18-,19+,20+,21-,23+,24-,27-/m0/s1. The average molecular weight is 487 g/mol. The highest BCUT2D eigenvalue weighted by atomic mass is 16.5. The van der Waals surface area contributed by atoms with Crippen molar-refractivity contribution in [3.8, 4) is 0 Å². The molecule has 0 bridgehead atoms. The first-order chi connectivity index (χ1) is 16.8. The maximum absolute atomic E-state index is 13.0. The fraction of sp³-hybridized carbons (Fsp3) is 0.741. The van der Waals surface area contributed by atoms with E-state index in [-0.39, 0.29) is 46.9 Å². The zero-order valence-electron chi connectivity index (χ0n) is 21.4. The lowest BCUT2D eigenvalue weighted by molar-refractivity contribution is -0.142. The summed E-state index contributed by atoms with van der Waals surface area (Å²) in [6.45, 7) is 11.1. The molecule has 1 aromatic heterocycles. The number of aliphatic hydroxyl groups is 1. The predicted molar refractivity (Wildman–Crippen MR) is 134 cm³/mol. The number of hydrogen-bond donors (Lipinski definition) is 3. The van der Waals surface area contributed by atoms with Crippen LogP contribution in [0.3, 0.4) is 0 Å². The summed E-state index contributed by atoms with van der Waals surface area (Å²) in [7, 11) is 0. The van der Waals surface area contributed by atoms with Gasteiger partial charge in [0, 0.05) is 44.3 Å². The molecule has 1 aliphatic heterocycles. The molecule has 0 spiro atoms. The summed E-state index contributed by atoms with van der Waals surface area (Å²) >= 11 is 0. The van der Waals surface area contributed by atoms with Crippen molar-refractivity contribution in [1.82, 2.24) is 20.5 Å². The summed E-state index contributed by atoms with van der Waals surface area (Å²) in [6, 6.07) is 5.31. The van der Waals surface area contributed by atoms with Crippen molar-refractivity contribution >= 4 is 11.8 Å². The Kier molecular flexibility index (Phi) is 8.45. The molecule has 2 heterocycles. The normalized spacial score (nSPS) is 34.5. The quantitative estimate of drug-likeness (QED) is 0.545. The Balaban J connectivity index is 1.36. The van der Waals surface area contributed by atoms with Crippen LogP contribution in [0.4, 0.5) is 0 Å². The van der Waals surface area contributed by atoms with Crippen LogP contribution >= 0.6 is 0 Å². The highest BCUT2D eigenvalue weighted by molar-refractivity contribution is 5.92. The molecule has 3 N–H and O–H groups in total. The van der Waals surface area contributed by atoms with Gasteiger partial charge in [0.2, 0.25) is 5.91 Å². The minimum Gasteiger partial charge on any atom is -0.392 e. The third kappa shape index (κ3) is 5.87. The van der Waals surface area contributed by atoms with Crippen LogP contribution in [0.15, 0.2) is 24.4 Å². The van der Waals surface area contributed by atoms with E-state index in [0.717, 1.165) is 58.5 Å². The third-order valence-corrected chi connectivity index (χ3v) is 8.99. The van der Waals surface area contributed by atoms with Crippen LogP contribution in [0.1, 0.15) is 56.9 Å². The fourth-order valence-electron chi connectivity index (χ4n) is 6.75. The molecule has 4 rings (SSSR count). The molecule has 2 aliphatic carbocycles. The second kappa shape index (κ2) is 11.4. The van der Waals surface area contributed by atoms with Crippen molar-refractivity contribution in [1.29, 1.82) is 0 Å². The van der Waals surface area contributed by atoms with Gasteiger partial charge in [-0.1, -0.05) is 26.8 Å². The Morgan fingerprint density at radius 3 is 2.71 bits per heavy atom. The molecule has 8 heteroatoms. The molecule has 1 aromatic rings. The fourth-order valence-corrected chi connectivity index (χ4v) is 6.75. The van der Waals surface area contributed by atoms with E-state index in [0.29, 0.717) is 12.2 Å². The Hall–Kier alpha value is -2.03. The van der Waals surface area contributed by atoms with Gasteiger partial charge in [-0.05, 0) is 61.0 Å². The van der Waals surface area contributed by atoms with Gasteiger partial charge in [0.1, 0.15) is 5.69 Å². The van der Waals surface area contributed by atoms with Gasteiger partial charge in [0.05, 0.1) is 19.3 Å². The maximum Gasteiger partial charge on any atom is 0.270 e. The Bertz CT molecular complexity index is 862. The second-order valence-electron chi connectivity index (χ2n) is 11.1. The van der Waals surface area contributed by atoms with Crippen LogP contribution in [-0.2, 0) is 9.53 Å². The highest BCUT2D eigenvalue weighted by Gasteiger charge is 2.53. The largest absolute Gasteiger partial charge is 0.392 e. The lowest BCUT2D eigenvalue weighted by Crippen LogP contribution is -2.58. The Morgan fingerprint density at radius 1 is 1.26 bits per heavy atom. The molecule has 2 amide bonds. The number of rotatable bonds is 7. The number of morpholine rings is 1. The van der Waals surface area contributed by atoms with E-state index in [1.807, 2.05) is 13.0 Å². The summed E-state index contributed by atoms with van der Waals surface area (Å²) in [6.07, 6.45) is 4.75. The van der Waals surface area contributed by atoms with Crippen molar-refractivity contribution in [2.75, 3.05) is 39.4 Å².